The van der Waals surface area contributed by atoms with Gasteiger partial charge in [-0.25, -0.2) is 8.42 Å². The second kappa shape index (κ2) is 6.00. The normalized spacial score (nSPS) is 25.2. The van der Waals surface area contributed by atoms with Crippen LogP contribution >= 0.6 is 0 Å². The molecule has 1 N–H and O–H groups in total. The third-order valence-corrected chi connectivity index (χ3v) is 7.46. The van der Waals surface area contributed by atoms with Gasteiger partial charge in [-0.3, -0.25) is 4.72 Å². The van der Waals surface area contributed by atoms with Crippen LogP contribution in [0.5, 0.6) is 0 Å². The van der Waals surface area contributed by atoms with Crippen molar-refractivity contribution in [3.63, 3.8) is 0 Å². The van der Waals surface area contributed by atoms with Crippen molar-refractivity contribution in [1.82, 2.24) is 4.72 Å². The minimum absolute atomic E-state index is 0.360. The van der Waals surface area contributed by atoms with Crippen molar-refractivity contribution >= 4 is 17.1 Å². The SMILES string of the molecule is CC(C)S(=O)(=O)NC1=C2CC=C(B3OC(C)(C)C(C)(C)O3)C=C2CC1. The molecule has 0 aromatic rings. The number of rotatable bonds is 4. The highest BCUT2D eigenvalue weighted by molar-refractivity contribution is 7.90. The quantitative estimate of drug-likeness (QED) is 0.777. The van der Waals surface area contributed by atoms with E-state index in [-0.39, 0.29) is 18.3 Å². The minimum Gasteiger partial charge on any atom is -0.399 e. The number of sulfonamides is 1. The van der Waals surface area contributed by atoms with Crippen molar-refractivity contribution in [1.29, 1.82) is 0 Å². The summed E-state index contributed by atoms with van der Waals surface area (Å²) in [5, 5.41) is -0.437. The molecule has 0 unspecified atom stereocenters. The summed E-state index contributed by atoms with van der Waals surface area (Å²) < 4.78 is 39.4. The van der Waals surface area contributed by atoms with Crippen LogP contribution in [0.1, 0.15) is 60.8 Å². The first-order chi connectivity index (χ1) is 11.4. The number of nitrogens with one attached hydrogen (secondary N) is 1. The van der Waals surface area contributed by atoms with E-state index in [2.05, 4.69) is 16.9 Å². The van der Waals surface area contributed by atoms with Gasteiger partial charge in [-0.15, -0.1) is 0 Å². The van der Waals surface area contributed by atoms with E-state index in [9.17, 15) is 8.42 Å². The minimum atomic E-state index is -3.30. The van der Waals surface area contributed by atoms with Crippen molar-refractivity contribution in [3.05, 3.63) is 34.5 Å². The van der Waals surface area contributed by atoms with Crippen molar-refractivity contribution < 1.29 is 17.7 Å². The van der Waals surface area contributed by atoms with Crippen LogP contribution in [0.2, 0.25) is 0 Å². The van der Waals surface area contributed by atoms with Crippen LogP contribution in [0.4, 0.5) is 0 Å². The molecule has 1 fully saturated rings. The third kappa shape index (κ3) is 3.34. The van der Waals surface area contributed by atoms with Gasteiger partial charge in [0.15, 0.2) is 0 Å². The number of allylic oxidation sites excluding steroid dienone is 6. The van der Waals surface area contributed by atoms with Gasteiger partial charge in [0.25, 0.3) is 0 Å². The van der Waals surface area contributed by atoms with E-state index < -0.39 is 15.3 Å². The lowest BCUT2D eigenvalue weighted by Gasteiger charge is -2.32. The van der Waals surface area contributed by atoms with E-state index in [4.69, 9.17) is 9.31 Å². The molecule has 1 aliphatic heterocycles. The molecule has 0 amide bonds. The number of hydrogen-bond acceptors (Lipinski definition) is 4. The molecule has 0 spiro atoms. The molecule has 138 valence electrons. The first-order valence-electron chi connectivity index (χ1n) is 8.93. The van der Waals surface area contributed by atoms with Crippen LogP contribution in [-0.4, -0.2) is 32.0 Å². The highest BCUT2D eigenvalue weighted by atomic mass is 32.2. The highest BCUT2D eigenvalue weighted by Gasteiger charge is 2.52. The zero-order chi connectivity index (χ0) is 18.6. The van der Waals surface area contributed by atoms with E-state index in [1.165, 1.54) is 5.57 Å². The van der Waals surface area contributed by atoms with Crippen LogP contribution in [0.3, 0.4) is 0 Å². The number of fused-ring (bicyclic) bond motifs is 1. The Labute approximate surface area is 151 Å². The number of hydrogen-bond donors (Lipinski definition) is 1. The maximum absolute atomic E-state index is 12.2. The van der Waals surface area contributed by atoms with Gasteiger partial charge in [0.2, 0.25) is 10.0 Å². The molecule has 2 aliphatic carbocycles. The first-order valence-corrected chi connectivity index (χ1v) is 10.5. The molecular formula is C18H28BNO4S. The van der Waals surface area contributed by atoms with Gasteiger partial charge in [0.05, 0.1) is 16.5 Å². The van der Waals surface area contributed by atoms with Crippen LogP contribution < -0.4 is 4.72 Å². The second-order valence-corrected chi connectivity index (χ2v) is 10.6. The summed E-state index contributed by atoms with van der Waals surface area (Å²) in [6.07, 6.45) is 6.49. The van der Waals surface area contributed by atoms with E-state index in [0.717, 1.165) is 29.6 Å². The monoisotopic (exact) mass is 365 g/mol. The summed E-state index contributed by atoms with van der Waals surface area (Å²) in [5.41, 5.74) is 3.44. The smallest absolute Gasteiger partial charge is 0.399 e. The first kappa shape index (κ1) is 18.7. The molecule has 3 aliphatic rings. The average Bonchev–Trinajstić information content (AvgIpc) is 2.96. The van der Waals surface area contributed by atoms with Crippen LogP contribution in [0, 0.1) is 0 Å². The second-order valence-electron chi connectivity index (χ2n) is 8.32. The van der Waals surface area contributed by atoms with Crippen LogP contribution in [0.25, 0.3) is 0 Å². The molecule has 0 bridgehead atoms. The lowest BCUT2D eigenvalue weighted by atomic mass is 9.73. The van der Waals surface area contributed by atoms with Gasteiger partial charge in [0, 0.05) is 5.70 Å². The molecule has 1 saturated heterocycles. The third-order valence-electron chi connectivity index (χ3n) is 5.69. The maximum atomic E-state index is 12.2. The Morgan fingerprint density at radius 2 is 1.72 bits per heavy atom. The molecule has 7 heteroatoms. The predicted octanol–water partition coefficient (Wildman–Crippen LogP) is 3.25. The molecule has 1 heterocycles. The van der Waals surface area contributed by atoms with Crippen LogP contribution in [0.15, 0.2) is 34.5 Å². The Kier molecular flexibility index (Phi) is 4.49. The van der Waals surface area contributed by atoms with E-state index in [1.54, 1.807) is 13.8 Å². The van der Waals surface area contributed by atoms with E-state index >= 15 is 0 Å². The summed E-state index contributed by atoms with van der Waals surface area (Å²) in [6, 6.07) is 0. The Morgan fingerprint density at radius 1 is 1.12 bits per heavy atom. The van der Waals surface area contributed by atoms with E-state index in [1.807, 2.05) is 27.7 Å². The maximum Gasteiger partial charge on any atom is 0.494 e. The van der Waals surface area contributed by atoms with Crippen molar-refractivity contribution in [2.24, 2.45) is 0 Å². The van der Waals surface area contributed by atoms with Gasteiger partial charge >= 0.3 is 7.12 Å². The summed E-state index contributed by atoms with van der Waals surface area (Å²) in [7, 11) is -3.66. The lowest BCUT2D eigenvalue weighted by molar-refractivity contribution is 0.00578. The lowest BCUT2D eigenvalue weighted by Crippen LogP contribution is -2.41. The molecule has 3 rings (SSSR count). The summed E-state index contributed by atoms with van der Waals surface area (Å²) >= 11 is 0. The Balaban J connectivity index is 1.80. The standard InChI is InChI=1S/C18H28BNO4S/c1-12(2)25(21,22)20-16-10-7-13-11-14(8-9-15(13)16)19-23-17(3,4)18(5,6)24-19/h8,11-12,20H,7,9-10H2,1-6H3. The van der Waals surface area contributed by atoms with Gasteiger partial charge < -0.3 is 9.31 Å². The van der Waals surface area contributed by atoms with Gasteiger partial charge in [-0.2, -0.15) is 0 Å². The van der Waals surface area contributed by atoms with Crippen molar-refractivity contribution in [2.45, 2.75) is 77.3 Å². The molecule has 0 atom stereocenters. The zero-order valence-electron chi connectivity index (χ0n) is 16.0. The predicted molar refractivity (Wildman–Crippen MR) is 100 cm³/mol. The van der Waals surface area contributed by atoms with Crippen LogP contribution in [-0.2, 0) is 19.3 Å². The summed E-state index contributed by atoms with van der Waals surface area (Å²) in [4.78, 5) is 0. The fourth-order valence-corrected chi connectivity index (χ4v) is 4.00. The Morgan fingerprint density at radius 3 is 2.28 bits per heavy atom. The van der Waals surface area contributed by atoms with Crippen molar-refractivity contribution in [2.75, 3.05) is 0 Å². The van der Waals surface area contributed by atoms with Gasteiger partial charge in [-0.05, 0) is 77.4 Å². The summed E-state index contributed by atoms with van der Waals surface area (Å²) in [6.45, 7) is 11.6. The summed E-state index contributed by atoms with van der Waals surface area (Å²) in [5.74, 6) is 0. The van der Waals surface area contributed by atoms with E-state index in [0.29, 0.717) is 6.42 Å². The van der Waals surface area contributed by atoms with Gasteiger partial charge in [-0.1, -0.05) is 12.2 Å². The molecule has 5 nitrogen and oxygen atoms in total. The molecule has 25 heavy (non-hydrogen) atoms. The molecule has 0 aromatic heterocycles. The highest BCUT2D eigenvalue weighted by Crippen LogP contribution is 2.42. The Hall–Kier alpha value is -1.05. The zero-order valence-corrected chi connectivity index (χ0v) is 16.8. The molecule has 0 saturated carbocycles. The van der Waals surface area contributed by atoms with Crippen molar-refractivity contribution in [3.8, 4) is 0 Å². The molecule has 0 aromatic carbocycles. The molecular weight excluding hydrogens is 337 g/mol. The fourth-order valence-electron chi connectivity index (χ4n) is 3.19. The average molecular weight is 365 g/mol. The Bertz CT molecular complexity index is 759. The molecule has 0 radical (unpaired) electrons. The fraction of sp³-hybridized carbons (Fsp3) is 0.667. The van der Waals surface area contributed by atoms with Gasteiger partial charge in [0.1, 0.15) is 0 Å². The largest absolute Gasteiger partial charge is 0.494 e. The topological polar surface area (TPSA) is 64.6 Å².